The quantitative estimate of drug-likeness (QED) is 0.724. The third kappa shape index (κ3) is 4.01. The summed E-state index contributed by atoms with van der Waals surface area (Å²) in [5.74, 6) is 0.549. The van der Waals surface area contributed by atoms with Crippen LogP contribution in [-0.2, 0) is 10.0 Å². The predicted octanol–water partition coefficient (Wildman–Crippen LogP) is 4.12. The van der Waals surface area contributed by atoms with E-state index in [9.17, 15) is 13.2 Å². The Hall–Kier alpha value is -1.54. The van der Waals surface area contributed by atoms with Gasteiger partial charge in [0, 0.05) is 40.9 Å². The van der Waals surface area contributed by atoms with Crippen molar-refractivity contribution < 1.29 is 13.2 Å². The van der Waals surface area contributed by atoms with Crippen LogP contribution in [-0.4, -0.2) is 44.0 Å². The van der Waals surface area contributed by atoms with Gasteiger partial charge in [-0.05, 0) is 36.4 Å². The molecule has 0 saturated carbocycles. The van der Waals surface area contributed by atoms with Gasteiger partial charge >= 0.3 is 0 Å². The third-order valence-corrected chi connectivity index (χ3v) is 7.78. The molecular weight excluding hydrogens is 404 g/mol. The van der Waals surface area contributed by atoms with Gasteiger partial charge < -0.3 is 4.90 Å². The van der Waals surface area contributed by atoms with E-state index in [-0.39, 0.29) is 10.8 Å². The standard InChI is InChI=1S/C19H21ClN2O3S2/c1-3-21(4-2)27(24,25)16-7-5-6-14(12-16)19(23)22-10-11-26-18-9-8-15(20)13-17(18)22/h5-9,12-13H,3-4,10-11H2,1-2H3. The summed E-state index contributed by atoms with van der Waals surface area (Å²) in [5.41, 5.74) is 1.11. The first-order valence-corrected chi connectivity index (χ1v) is 11.5. The Bertz CT molecular complexity index is 959. The average molecular weight is 425 g/mol. The lowest BCUT2D eigenvalue weighted by atomic mass is 10.1. The molecule has 3 rings (SSSR count). The van der Waals surface area contributed by atoms with Gasteiger partial charge in [-0.2, -0.15) is 4.31 Å². The molecule has 27 heavy (non-hydrogen) atoms. The molecule has 1 aliphatic heterocycles. The number of benzene rings is 2. The van der Waals surface area contributed by atoms with Gasteiger partial charge in [0.25, 0.3) is 5.91 Å². The zero-order valence-corrected chi connectivity index (χ0v) is 17.6. The summed E-state index contributed by atoms with van der Waals surface area (Å²) < 4.78 is 26.9. The summed E-state index contributed by atoms with van der Waals surface area (Å²) >= 11 is 7.79. The fourth-order valence-electron chi connectivity index (χ4n) is 3.06. The highest BCUT2D eigenvalue weighted by atomic mass is 35.5. The largest absolute Gasteiger partial charge is 0.306 e. The zero-order valence-electron chi connectivity index (χ0n) is 15.2. The summed E-state index contributed by atoms with van der Waals surface area (Å²) in [4.78, 5) is 15.9. The molecule has 1 heterocycles. The van der Waals surface area contributed by atoms with E-state index in [1.165, 1.54) is 16.4 Å². The lowest BCUT2D eigenvalue weighted by Crippen LogP contribution is -2.35. The van der Waals surface area contributed by atoms with Crippen molar-refractivity contribution in [3.8, 4) is 0 Å². The SMILES string of the molecule is CCN(CC)S(=O)(=O)c1cccc(C(=O)N2CCSc3ccc(Cl)cc32)c1. The van der Waals surface area contributed by atoms with Crippen LogP contribution in [0.4, 0.5) is 5.69 Å². The van der Waals surface area contributed by atoms with Crippen LogP contribution in [0.15, 0.2) is 52.3 Å². The number of fused-ring (bicyclic) bond motifs is 1. The number of hydrogen-bond acceptors (Lipinski definition) is 4. The van der Waals surface area contributed by atoms with Crippen LogP contribution in [0.5, 0.6) is 0 Å². The van der Waals surface area contributed by atoms with E-state index < -0.39 is 10.0 Å². The maximum Gasteiger partial charge on any atom is 0.258 e. The molecule has 0 spiro atoms. The summed E-state index contributed by atoms with van der Waals surface area (Å²) in [6.07, 6.45) is 0. The maximum absolute atomic E-state index is 13.1. The van der Waals surface area contributed by atoms with Crippen molar-refractivity contribution >= 4 is 45.0 Å². The van der Waals surface area contributed by atoms with Crippen molar-refractivity contribution in [2.75, 3.05) is 30.3 Å². The molecule has 0 aromatic heterocycles. The Balaban J connectivity index is 1.97. The molecule has 144 valence electrons. The highest BCUT2D eigenvalue weighted by Crippen LogP contribution is 2.37. The molecule has 0 fully saturated rings. The molecule has 0 radical (unpaired) electrons. The second-order valence-electron chi connectivity index (χ2n) is 6.03. The number of carbonyl (C=O) groups is 1. The van der Waals surface area contributed by atoms with E-state index >= 15 is 0 Å². The number of halogens is 1. The molecule has 0 unspecified atom stereocenters. The van der Waals surface area contributed by atoms with Crippen molar-refractivity contribution in [3.05, 3.63) is 53.1 Å². The van der Waals surface area contributed by atoms with Crippen LogP contribution >= 0.6 is 23.4 Å². The topological polar surface area (TPSA) is 57.7 Å². The monoisotopic (exact) mass is 424 g/mol. The van der Waals surface area contributed by atoms with Crippen LogP contribution in [0, 0.1) is 0 Å². The number of hydrogen-bond donors (Lipinski definition) is 0. The second kappa shape index (κ2) is 8.22. The fraction of sp³-hybridized carbons (Fsp3) is 0.316. The lowest BCUT2D eigenvalue weighted by molar-refractivity contribution is 0.0987. The minimum Gasteiger partial charge on any atom is -0.306 e. The number of sulfonamides is 1. The molecule has 1 aliphatic rings. The Morgan fingerprint density at radius 2 is 1.93 bits per heavy atom. The first kappa shape index (κ1) is 20.2. The first-order valence-electron chi connectivity index (χ1n) is 8.73. The van der Waals surface area contributed by atoms with Crippen molar-refractivity contribution in [1.29, 1.82) is 0 Å². The second-order valence-corrected chi connectivity index (χ2v) is 9.55. The van der Waals surface area contributed by atoms with Gasteiger partial charge in [0.2, 0.25) is 10.0 Å². The van der Waals surface area contributed by atoms with Crippen molar-refractivity contribution in [2.45, 2.75) is 23.6 Å². The highest BCUT2D eigenvalue weighted by Gasteiger charge is 2.27. The number of carbonyl (C=O) groups excluding carboxylic acids is 1. The molecular formula is C19H21ClN2O3S2. The molecule has 0 bridgehead atoms. The Morgan fingerprint density at radius 3 is 2.63 bits per heavy atom. The first-order chi connectivity index (χ1) is 12.9. The number of rotatable bonds is 5. The van der Waals surface area contributed by atoms with Crippen molar-refractivity contribution in [3.63, 3.8) is 0 Å². The van der Waals surface area contributed by atoms with Gasteiger partial charge in [-0.15, -0.1) is 11.8 Å². The van der Waals surface area contributed by atoms with Gasteiger partial charge in [-0.25, -0.2) is 8.42 Å². The smallest absolute Gasteiger partial charge is 0.258 e. The molecule has 8 heteroatoms. The van der Waals surface area contributed by atoms with Crippen LogP contribution < -0.4 is 4.90 Å². The minimum atomic E-state index is -3.62. The Kier molecular flexibility index (Phi) is 6.15. The number of anilines is 1. The number of nitrogens with zero attached hydrogens (tertiary/aromatic N) is 2. The van der Waals surface area contributed by atoms with Gasteiger partial charge in [0.15, 0.2) is 0 Å². The highest BCUT2D eigenvalue weighted by molar-refractivity contribution is 7.99. The van der Waals surface area contributed by atoms with Crippen LogP contribution in [0.25, 0.3) is 0 Å². The molecule has 2 aromatic carbocycles. The predicted molar refractivity (Wildman–Crippen MR) is 110 cm³/mol. The average Bonchev–Trinajstić information content (AvgIpc) is 2.67. The third-order valence-electron chi connectivity index (χ3n) is 4.45. The van der Waals surface area contributed by atoms with E-state index in [4.69, 9.17) is 11.6 Å². The minimum absolute atomic E-state index is 0.134. The zero-order chi connectivity index (χ0) is 19.6. The van der Waals surface area contributed by atoms with Gasteiger partial charge in [-0.1, -0.05) is 31.5 Å². The summed E-state index contributed by atoms with van der Waals surface area (Å²) in [6.45, 7) is 4.90. The Labute approximate surface area is 169 Å². The van der Waals surface area contributed by atoms with Crippen molar-refractivity contribution in [1.82, 2.24) is 4.31 Å². The maximum atomic E-state index is 13.1. The molecule has 5 nitrogen and oxygen atoms in total. The summed E-state index contributed by atoms with van der Waals surface area (Å²) in [6, 6.07) is 11.7. The fourth-order valence-corrected chi connectivity index (χ4v) is 5.71. The van der Waals surface area contributed by atoms with E-state index in [0.717, 1.165) is 16.3 Å². The van der Waals surface area contributed by atoms with Gasteiger partial charge in [0.1, 0.15) is 0 Å². The van der Waals surface area contributed by atoms with Crippen LogP contribution in [0.2, 0.25) is 5.02 Å². The van der Waals surface area contributed by atoms with Gasteiger partial charge in [0.05, 0.1) is 10.6 Å². The molecule has 0 N–H and O–H groups in total. The molecule has 0 aliphatic carbocycles. The molecule has 0 atom stereocenters. The molecule has 0 saturated heterocycles. The van der Waals surface area contributed by atoms with E-state index in [0.29, 0.717) is 30.2 Å². The van der Waals surface area contributed by atoms with E-state index in [1.807, 2.05) is 6.07 Å². The van der Waals surface area contributed by atoms with Crippen LogP contribution in [0.3, 0.4) is 0 Å². The Morgan fingerprint density at radius 1 is 1.19 bits per heavy atom. The molecule has 2 aromatic rings. The normalized spacial score (nSPS) is 14.3. The summed E-state index contributed by atoms with van der Waals surface area (Å²) in [5, 5.41) is 0.562. The number of thioether (sulfide) groups is 1. The number of amides is 1. The lowest BCUT2D eigenvalue weighted by Gasteiger charge is -2.29. The van der Waals surface area contributed by atoms with Crippen LogP contribution in [0.1, 0.15) is 24.2 Å². The molecule has 1 amide bonds. The summed E-state index contributed by atoms with van der Waals surface area (Å²) in [7, 11) is -3.62. The van der Waals surface area contributed by atoms with E-state index in [2.05, 4.69) is 0 Å². The van der Waals surface area contributed by atoms with E-state index in [1.54, 1.807) is 54.8 Å². The van der Waals surface area contributed by atoms with Gasteiger partial charge in [-0.3, -0.25) is 4.79 Å². The van der Waals surface area contributed by atoms with Crippen molar-refractivity contribution in [2.24, 2.45) is 0 Å².